The molecular formula is C10H20ClNO2S. The summed E-state index contributed by atoms with van der Waals surface area (Å²) < 4.78 is 21.5. The summed E-state index contributed by atoms with van der Waals surface area (Å²) in [5, 5.41) is 0. The first kappa shape index (κ1) is 13.3. The van der Waals surface area contributed by atoms with Crippen molar-refractivity contribution in [2.45, 2.75) is 32.6 Å². The second kappa shape index (κ2) is 6.06. The number of nitrogens with zero attached hydrogens (tertiary/aromatic N) is 1. The Morgan fingerprint density at radius 3 is 2.47 bits per heavy atom. The molecule has 90 valence electrons. The molecule has 0 spiro atoms. The highest BCUT2D eigenvalue weighted by molar-refractivity contribution is 8.13. The maximum absolute atomic E-state index is 10.8. The number of hydrogen-bond acceptors (Lipinski definition) is 3. The van der Waals surface area contributed by atoms with E-state index < -0.39 is 9.05 Å². The highest BCUT2D eigenvalue weighted by atomic mass is 35.7. The molecule has 0 heterocycles. The van der Waals surface area contributed by atoms with Gasteiger partial charge in [0.1, 0.15) is 0 Å². The maximum atomic E-state index is 10.8. The largest absolute Gasteiger partial charge is 0.303 e. The molecule has 0 unspecified atom stereocenters. The third-order valence-electron chi connectivity index (χ3n) is 2.62. The molecule has 0 aromatic heterocycles. The normalized spacial score (nSPS) is 17.3. The smallest absolute Gasteiger partial charge is 0.232 e. The van der Waals surface area contributed by atoms with Gasteiger partial charge >= 0.3 is 0 Å². The Morgan fingerprint density at radius 1 is 1.33 bits per heavy atom. The Kier molecular flexibility index (Phi) is 5.36. The van der Waals surface area contributed by atoms with E-state index in [1.54, 1.807) is 0 Å². The van der Waals surface area contributed by atoms with E-state index in [2.05, 4.69) is 11.8 Å². The third-order valence-corrected chi connectivity index (χ3v) is 3.85. The zero-order chi connectivity index (χ0) is 11.3. The maximum Gasteiger partial charge on any atom is 0.232 e. The van der Waals surface area contributed by atoms with Crippen molar-refractivity contribution in [1.29, 1.82) is 0 Å². The molecule has 0 amide bonds. The fourth-order valence-corrected chi connectivity index (χ4v) is 2.54. The molecule has 3 nitrogen and oxygen atoms in total. The van der Waals surface area contributed by atoms with E-state index in [9.17, 15) is 8.42 Å². The van der Waals surface area contributed by atoms with Gasteiger partial charge in [0.25, 0.3) is 0 Å². The monoisotopic (exact) mass is 253 g/mol. The standard InChI is InChI=1S/C10H20ClNO2S/c1-2-6-12(9-10-4-5-10)7-3-8-15(11,13)14/h10H,2-9H2,1H3. The predicted molar refractivity (Wildman–Crippen MR) is 63.7 cm³/mol. The van der Waals surface area contributed by atoms with E-state index in [1.165, 1.54) is 12.8 Å². The average molecular weight is 254 g/mol. The van der Waals surface area contributed by atoms with Crippen LogP contribution in [0, 0.1) is 5.92 Å². The molecule has 0 aromatic carbocycles. The summed E-state index contributed by atoms with van der Waals surface area (Å²) >= 11 is 0. The van der Waals surface area contributed by atoms with Gasteiger partial charge in [-0.15, -0.1) is 0 Å². The van der Waals surface area contributed by atoms with E-state index >= 15 is 0 Å². The van der Waals surface area contributed by atoms with Gasteiger partial charge in [-0.1, -0.05) is 6.92 Å². The number of halogens is 1. The van der Waals surface area contributed by atoms with E-state index in [0.29, 0.717) is 6.42 Å². The molecule has 1 fully saturated rings. The fourth-order valence-electron chi connectivity index (χ4n) is 1.74. The van der Waals surface area contributed by atoms with Crippen LogP contribution in [0.2, 0.25) is 0 Å². The Balaban J connectivity index is 2.18. The number of rotatable bonds is 8. The van der Waals surface area contributed by atoms with Crippen LogP contribution in [0.3, 0.4) is 0 Å². The van der Waals surface area contributed by atoms with E-state index in [1.807, 2.05) is 0 Å². The molecule has 5 heteroatoms. The molecule has 1 rings (SSSR count). The molecule has 0 saturated heterocycles. The molecular weight excluding hydrogens is 234 g/mol. The van der Waals surface area contributed by atoms with E-state index in [-0.39, 0.29) is 5.75 Å². The van der Waals surface area contributed by atoms with Gasteiger partial charge in [0.15, 0.2) is 0 Å². The van der Waals surface area contributed by atoms with Gasteiger partial charge in [0.2, 0.25) is 9.05 Å². The van der Waals surface area contributed by atoms with Crippen molar-refractivity contribution in [1.82, 2.24) is 4.90 Å². The van der Waals surface area contributed by atoms with Crippen LogP contribution in [0.15, 0.2) is 0 Å². The molecule has 1 aliphatic rings. The van der Waals surface area contributed by atoms with Crippen LogP contribution < -0.4 is 0 Å². The minimum absolute atomic E-state index is 0.0967. The van der Waals surface area contributed by atoms with Crippen molar-refractivity contribution < 1.29 is 8.42 Å². The van der Waals surface area contributed by atoms with Crippen molar-refractivity contribution in [2.75, 3.05) is 25.4 Å². The van der Waals surface area contributed by atoms with Crippen molar-refractivity contribution in [3.8, 4) is 0 Å². The average Bonchev–Trinajstić information content (AvgIpc) is 2.86. The lowest BCUT2D eigenvalue weighted by Gasteiger charge is -2.20. The summed E-state index contributed by atoms with van der Waals surface area (Å²) in [7, 11) is 1.86. The number of hydrogen-bond donors (Lipinski definition) is 0. The second-order valence-corrected chi connectivity index (χ2v) is 7.24. The van der Waals surface area contributed by atoms with Gasteiger partial charge in [-0.2, -0.15) is 0 Å². The summed E-state index contributed by atoms with van der Waals surface area (Å²) in [5.41, 5.74) is 0. The van der Waals surface area contributed by atoms with Crippen molar-refractivity contribution in [3.63, 3.8) is 0 Å². The van der Waals surface area contributed by atoms with Crippen LogP contribution >= 0.6 is 10.7 Å². The highest BCUT2D eigenvalue weighted by Gasteiger charge is 2.23. The molecule has 0 aromatic rings. The molecule has 0 atom stereocenters. The van der Waals surface area contributed by atoms with Gasteiger partial charge in [-0.3, -0.25) is 0 Å². The van der Waals surface area contributed by atoms with Gasteiger partial charge in [-0.05, 0) is 44.7 Å². The Morgan fingerprint density at radius 2 is 2.00 bits per heavy atom. The lowest BCUT2D eigenvalue weighted by atomic mass is 10.3. The molecule has 15 heavy (non-hydrogen) atoms. The van der Waals surface area contributed by atoms with E-state index in [4.69, 9.17) is 10.7 Å². The topological polar surface area (TPSA) is 37.4 Å². The Bertz CT molecular complexity index is 275. The molecule has 0 N–H and O–H groups in total. The molecule has 0 aliphatic heterocycles. The van der Waals surface area contributed by atoms with Crippen LogP contribution in [-0.2, 0) is 9.05 Å². The lowest BCUT2D eigenvalue weighted by Crippen LogP contribution is -2.28. The summed E-state index contributed by atoms with van der Waals surface area (Å²) in [5.74, 6) is 0.962. The highest BCUT2D eigenvalue weighted by Crippen LogP contribution is 2.29. The quantitative estimate of drug-likeness (QED) is 0.622. The lowest BCUT2D eigenvalue weighted by molar-refractivity contribution is 0.264. The summed E-state index contributed by atoms with van der Waals surface area (Å²) in [4.78, 5) is 2.36. The molecule has 1 saturated carbocycles. The first-order valence-electron chi connectivity index (χ1n) is 5.66. The van der Waals surface area contributed by atoms with Crippen molar-refractivity contribution in [3.05, 3.63) is 0 Å². The van der Waals surface area contributed by atoms with Crippen molar-refractivity contribution >= 4 is 19.7 Å². The van der Waals surface area contributed by atoms with Crippen LogP contribution in [0.4, 0.5) is 0 Å². The van der Waals surface area contributed by atoms with Gasteiger partial charge in [-0.25, -0.2) is 8.42 Å². The first-order valence-corrected chi connectivity index (χ1v) is 8.14. The van der Waals surface area contributed by atoms with Crippen molar-refractivity contribution in [2.24, 2.45) is 5.92 Å². The van der Waals surface area contributed by atoms with Crippen LogP contribution in [0.1, 0.15) is 32.6 Å². The summed E-state index contributed by atoms with van der Waals surface area (Å²) in [6, 6.07) is 0. The second-order valence-electron chi connectivity index (χ2n) is 4.34. The van der Waals surface area contributed by atoms with Crippen LogP contribution in [0.5, 0.6) is 0 Å². The Labute approximate surface area is 97.2 Å². The van der Waals surface area contributed by atoms with Gasteiger partial charge in [0.05, 0.1) is 5.75 Å². The minimum Gasteiger partial charge on any atom is -0.303 e. The molecule has 0 radical (unpaired) electrons. The van der Waals surface area contributed by atoms with E-state index in [0.717, 1.165) is 32.0 Å². The van der Waals surface area contributed by atoms with Crippen LogP contribution in [0.25, 0.3) is 0 Å². The fraction of sp³-hybridized carbons (Fsp3) is 1.00. The van der Waals surface area contributed by atoms with Gasteiger partial charge in [0, 0.05) is 17.2 Å². The first-order chi connectivity index (χ1) is 7.01. The zero-order valence-corrected chi connectivity index (χ0v) is 10.9. The summed E-state index contributed by atoms with van der Waals surface area (Å²) in [6.07, 6.45) is 4.46. The third kappa shape index (κ3) is 7.14. The molecule has 0 bridgehead atoms. The predicted octanol–water partition coefficient (Wildman–Crippen LogP) is 2.07. The van der Waals surface area contributed by atoms with Gasteiger partial charge < -0.3 is 4.90 Å². The Hall–Kier alpha value is 0.200. The van der Waals surface area contributed by atoms with Crippen LogP contribution in [-0.4, -0.2) is 38.7 Å². The SMILES string of the molecule is CCCN(CCCS(=O)(=O)Cl)CC1CC1. The zero-order valence-electron chi connectivity index (χ0n) is 9.28. The molecule has 1 aliphatic carbocycles. The minimum atomic E-state index is -3.30. The summed E-state index contributed by atoms with van der Waals surface area (Å²) in [6.45, 7) is 5.21.